The molecular weight excluding hydrogens is 494 g/mol. The Hall–Kier alpha value is -3.37. The summed E-state index contributed by atoms with van der Waals surface area (Å²) in [4.78, 5) is 29.0. The minimum absolute atomic E-state index is 0.0208. The Morgan fingerprint density at radius 3 is 2.36 bits per heavy atom. The summed E-state index contributed by atoms with van der Waals surface area (Å²) in [5.74, 6) is -0.967. The topological polar surface area (TPSA) is 108 Å². The first-order chi connectivity index (χ1) is 16.8. The Morgan fingerprint density at radius 1 is 1.17 bits per heavy atom. The van der Waals surface area contributed by atoms with Crippen LogP contribution in [0.5, 0.6) is 0 Å². The van der Waals surface area contributed by atoms with E-state index in [1.165, 1.54) is 24.3 Å². The Bertz CT molecular complexity index is 1190. The molecule has 0 fully saturated rings. The predicted octanol–water partition coefficient (Wildman–Crippen LogP) is 5.72. The molecule has 0 saturated heterocycles. The molecule has 10 heteroatoms. The molecule has 0 radical (unpaired) electrons. The number of carbonyl (C=O) groups is 2. The van der Waals surface area contributed by atoms with Gasteiger partial charge in [0.05, 0.1) is 23.2 Å². The van der Waals surface area contributed by atoms with Crippen molar-refractivity contribution in [2.45, 2.75) is 58.3 Å². The standard InChI is InChI=1S/C26H32ClN5O3Si/c1-17-20(12-13-21(29-5)23(17)27)30-22(14-15-35-36(6,7)26(2,3)4)25(34)32-31-24(33)19-10-8-18(16-28)9-11-19/h8-13,22,30H,14-15H2,1-4,6-7H3,(H,31,33)(H,32,34)/t22-/m1/s1. The maximum absolute atomic E-state index is 13.1. The van der Waals surface area contributed by atoms with Gasteiger partial charge in [-0.15, -0.1) is 0 Å². The van der Waals surface area contributed by atoms with E-state index in [1.54, 1.807) is 19.1 Å². The van der Waals surface area contributed by atoms with Crippen LogP contribution in [0, 0.1) is 24.8 Å². The zero-order valence-electron chi connectivity index (χ0n) is 21.5. The van der Waals surface area contributed by atoms with E-state index in [0.29, 0.717) is 46.1 Å². The van der Waals surface area contributed by atoms with Crippen LogP contribution in [0.1, 0.15) is 48.7 Å². The molecule has 36 heavy (non-hydrogen) atoms. The number of hydrazine groups is 1. The van der Waals surface area contributed by atoms with Crippen LogP contribution in [-0.2, 0) is 9.22 Å². The van der Waals surface area contributed by atoms with E-state index < -0.39 is 26.2 Å². The van der Waals surface area contributed by atoms with Crippen molar-refractivity contribution < 1.29 is 14.0 Å². The second-order valence-corrected chi connectivity index (χ2v) is 15.1. The highest BCUT2D eigenvalue weighted by Gasteiger charge is 2.37. The second-order valence-electron chi connectivity index (χ2n) is 9.91. The quantitative estimate of drug-likeness (QED) is 0.232. The van der Waals surface area contributed by atoms with Gasteiger partial charge in [-0.3, -0.25) is 20.4 Å². The van der Waals surface area contributed by atoms with Crippen LogP contribution in [0.4, 0.5) is 11.4 Å². The lowest BCUT2D eigenvalue weighted by atomic mass is 10.1. The van der Waals surface area contributed by atoms with E-state index in [2.05, 4.69) is 54.9 Å². The molecule has 0 aromatic heterocycles. The molecule has 0 aliphatic carbocycles. The highest BCUT2D eigenvalue weighted by atomic mass is 35.5. The number of nitrogens with one attached hydrogen (secondary N) is 3. The van der Waals surface area contributed by atoms with Crippen LogP contribution in [0.15, 0.2) is 36.4 Å². The normalized spacial score (nSPS) is 12.1. The van der Waals surface area contributed by atoms with Gasteiger partial charge in [-0.25, -0.2) is 4.85 Å². The maximum atomic E-state index is 13.1. The van der Waals surface area contributed by atoms with Gasteiger partial charge in [0.25, 0.3) is 11.8 Å². The Labute approximate surface area is 218 Å². The molecule has 2 aromatic carbocycles. The number of anilines is 1. The summed E-state index contributed by atoms with van der Waals surface area (Å²) >= 11 is 6.32. The minimum atomic E-state index is -2.03. The van der Waals surface area contributed by atoms with Gasteiger partial charge < -0.3 is 9.74 Å². The minimum Gasteiger partial charge on any atom is -0.417 e. The third-order valence-corrected chi connectivity index (χ3v) is 11.4. The fraction of sp³-hybridized carbons (Fsp3) is 0.385. The van der Waals surface area contributed by atoms with E-state index in [1.807, 2.05) is 6.07 Å². The monoisotopic (exact) mass is 525 g/mol. The van der Waals surface area contributed by atoms with Gasteiger partial charge in [0.2, 0.25) is 5.69 Å². The van der Waals surface area contributed by atoms with Crippen molar-refractivity contribution in [3.8, 4) is 6.07 Å². The molecule has 0 unspecified atom stereocenters. The Morgan fingerprint density at radius 2 is 1.81 bits per heavy atom. The molecule has 2 rings (SSSR count). The van der Waals surface area contributed by atoms with Crippen LogP contribution >= 0.6 is 11.6 Å². The van der Waals surface area contributed by atoms with Crippen molar-refractivity contribution in [2.75, 3.05) is 11.9 Å². The van der Waals surface area contributed by atoms with Crippen LogP contribution in [-0.4, -0.2) is 32.8 Å². The van der Waals surface area contributed by atoms with Crippen LogP contribution in [0.2, 0.25) is 23.2 Å². The highest BCUT2D eigenvalue weighted by molar-refractivity contribution is 6.74. The number of benzene rings is 2. The summed E-state index contributed by atoms with van der Waals surface area (Å²) in [7, 11) is -2.03. The van der Waals surface area contributed by atoms with Crippen molar-refractivity contribution in [2.24, 2.45) is 0 Å². The SMILES string of the molecule is [C-]#[N+]c1ccc(N[C@H](CCO[Si](C)(C)C(C)(C)C)C(=O)NNC(=O)c2ccc(C#N)cc2)c(C)c1Cl. The Kier molecular flexibility index (Phi) is 9.66. The third kappa shape index (κ3) is 7.31. The van der Waals surface area contributed by atoms with Crippen LogP contribution in [0.3, 0.4) is 0 Å². The molecule has 1 atom stereocenters. The van der Waals surface area contributed by atoms with Gasteiger partial charge in [-0.05, 0) is 67.4 Å². The zero-order chi connectivity index (χ0) is 27.1. The number of nitriles is 1. The number of carbonyl (C=O) groups excluding carboxylic acids is 2. The summed E-state index contributed by atoms with van der Waals surface area (Å²) in [6.45, 7) is 20.1. The fourth-order valence-electron chi connectivity index (χ4n) is 2.99. The van der Waals surface area contributed by atoms with Crippen molar-refractivity contribution in [1.29, 1.82) is 5.26 Å². The number of amides is 2. The Balaban J connectivity index is 2.17. The van der Waals surface area contributed by atoms with E-state index in [0.717, 1.165) is 0 Å². The molecule has 0 aliphatic heterocycles. The lowest BCUT2D eigenvalue weighted by Gasteiger charge is -2.36. The lowest BCUT2D eigenvalue weighted by molar-refractivity contribution is -0.122. The van der Waals surface area contributed by atoms with Gasteiger partial charge in [-0.2, -0.15) is 5.26 Å². The molecule has 2 amide bonds. The van der Waals surface area contributed by atoms with E-state index in [-0.39, 0.29) is 5.04 Å². The molecule has 190 valence electrons. The first kappa shape index (κ1) is 28.9. The molecule has 8 nitrogen and oxygen atoms in total. The zero-order valence-corrected chi connectivity index (χ0v) is 23.2. The van der Waals surface area contributed by atoms with E-state index in [9.17, 15) is 9.59 Å². The molecule has 0 aliphatic rings. The van der Waals surface area contributed by atoms with Gasteiger partial charge in [0, 0.05) is 17.9 Å². The summed E-state index contributed by atoms with van der Waals surface area (Å²) in [5.41, 5.74) is 7.21. The number of rotatable bonds is 8. The molecule has 0 bridgehead atoms. The number of hydrogen-bond acceptors (Lipinski definition) is 5. The highest BCUT2D eigenvalue weighted by Crippen LogP contribution is 2.37. The number of hydrogen-bond donors (Lipinski definition) is 3. The average molecular weight is 526 g/mol. The number of halogens is 1. The molecule has 3 N–H and O–H groups in total. The van der Waals surface area contributed by atoms with E-state index in [4.69, 9.17) is 27.9 Å². The molecule has 0 spiro atoms. The third-order valence-electron chi connectivity index (χ3n) is 6.38. The van der Waals surface area contributed by atoms with Crippen LogP contribution in [0.25, 0.3) is 4.85 Å². The summed E-state index contributed by atoms with van der Waals surface area (Å²) < 4.78 is 6.26. The smallest absolute Gasteiger partial charge is 0.269 e. The summed E-state index contributed by atoms with van der Waals surface area (Å²) in [6.07, 6.45) is 0.340. The average Bonchev–Trinajstić information content (AvgIpc) is 2.83. The fourth-order valence-corrected chi connectivity index (χ4v) is 4.26. The van der Waals surface area contributed by atoms with Crippen molar-refractivity contribution in [3.05, 3.63) is 69.5 Å². The van der Waals surface area contributed by atoms with E-state index >= 15 is 0 Å². The maximum Gasteiger partial charge on any atom is 0.269 e. The van der Waals surface area contributed by atoms with Gasteiger partial charge in [0.1, 0.15) is 6.04 Å². The van der Waals surface area contributed by atoms with Crippen molar-refractivity contribution in [1.82, 2.24) is 10.9 Å². The number of nitrogens with zero attached hydrogens (tertiary/aromatic N) is 2. The van der Waals surface area contributed by atoms with Gasteiger partial charge in [-0.1, -0.05) is 38.4 Å². The van der Waals surface area contributed by atoms with Crippen LogP contribution < -0.4 is 16.2 Å². The molecule has 2 aromatic rings. The second kappa shape index (κ2) is 12.0. The first-order valence-electron chi connectivity index (χ1n) is 11.5. The molecule has 0 saturated carbocycles. The lowest BCUT2D eigenvalue weighted by Crippen LogP contribution is -2.49. The molecular formula is C26H32ClN5O3Si. The summed E-state index contributed by atoms with van der Waals surface area (Å²) in [6, 6.07) is 10.6. The van der Waals surface area contributed by atoms with Crippen molar-refractivity contribution >= 4 is 43.1 Å². The molecule has 0 heterocycles. The predicted molar refractivity (Wildman–Crippen MR) is 144 cm³/mol. The largest absolute Gasteiger partial charge is 0.417 e. The van der Waals surface area contributed by atoms with Crippen molar-refractivity contribution in [3.63, 3.8) is 0 Å². The van der Waals surface area contributed by atoms with Gasteiger partial charge >= 0.3 is 0 Å². The van der Waals surface area contributed by atoms with Gasteiger partial charge in [0.15, 0.2) is 8.32 Å². The summed E-state index contributed by atoms with van der Waals surface area (Å²) in [5, 5.41) is 12.4. The first-order valence-corrected chi connectivity index (χ1v) is 14.8.